The SMILES string of the molecule is Cc1ccc(I)c(C)c1.Cc1cccc(C)c1. The summed E-state index contributed by atoms with van der Waals surface area (Å²) in [5.41, 5.74) is 5.39. The van der Waals surface area contributed by atoms with Crippen molar-refractivity contribution in [1.29, 1.82) is 0 Å². The molecule has 0 radical (unpaired) electrons. The topological polar surface area (TPSA) is 0 Å². The summed E-state index contributed by atoms with van der Waals surface area (Å²) in [4.78, 5) is 0. The molecule has 0 bridgehead atoms. The Morgan fingerprint density at radius 2 is 1.24 bits per heavy atom. The summed E-state index contributed by atoms with van der Waals surface area (Å²) in [6.45, 7) is 8.46. The Morgan fingerprint density at radius 3 is 1.59 bits per heavy atom. The number of hydrogen-bond acceptors (Lipinski definition) is 0. The molecule has 0 aliphatic heterocycles. The van der Waals surface area contributed by atoms with Crippen molar-refractivity contribution >= 4 is 22.6 Å². The molecular weight excluding hydrogens is 319 g/mol. The normalized spacial score (nSPS) is 9.47. The monoisotopic (exact) mass is 338 g/mol. The van der Waals surface area contributed by atoms with Crippen LogP contribution < -0.4 is 0 Å². The van der Waals surface area contributed by atoms with Crippen LogP contribution in [0.1, 0.15) is 22.3 Å². The maximum atomic E-state index is 2.34. The highest BCUT2D eigenvalue weighted by Gasteiger charge is 1.90. The smallest absolute Gasteiger partial charge is 0.0159 e. The van der Waals surface area contributed by atoms with Crippen molar-refractivity contribution < 1.29 is 0 Å². The first kappa shape index (κ1) is 14.2. The molecule has 1 heteroatoms. The summed E-state index contributed by atoms with van der Waals surface area (Å²) in [7, 11) is 0. The second-order valence-corrected chi connectivity index (χ2v) is 5.57. The Bertz CT molecular complexity index is 469. The van der Waals surface area contributed by atoms with E-state index in [0.717, 1.165) is 0 Å². The molecule has 0 N–H and O–H groups in total. The third-order valence-electron chi connectivity index (χ3n) is 2.49. The van der Waals surface area contributed by atoms with E-state index in [0.29, 0.717) is 0 Å². The van der Waals surface area contributed by atoms with Crippen LogP contribution in [0.3, 0.4) is 0 Å². The molecule has 0 spiro atoms. The standard InChI is InChI=1S/C8H9I.C8H10/c1-6-3-4-8(9)7(2)5-6;1-7-4-3-5-8(2)6-7/h3-5H,1-2H3;3-6H,1-2H3. The fraction of sp³-hybridized carbons (Fsp3) is 0.250. The average Bonchev–Trinajstić information content (AvgIpc) is 2.24. The van der Waals surface area contributed by atoms with E-state index in [1.54, 1.807) is 0 Å². The molecule has 0 fully saturated rings. The van der Waals surface area contributed by atoms with Gasteiger partial charge in [-0.05, 0) is 61.9 Å². The second kappa shape index (κ2) is 6.80. The van der Waals surface area contributed by atoms with Gasteiger partial charge in [0, 0.05) is 3.57 Å². The predicted octanol–water partition coefficient (Wildman–Crippen LogP) is 5.21. The van der Waals surface area contributed by atoms with Crippen LogP contribution in [0.15, 0.2) is 42.5 Å². The van der Waals surface area contributed by atoms with Gasteiger partial charge in [-0.25, -0.2) is 0 Å². The summed E-state index contributed by atoms with van der Waals surface area (Å²) in [5.74, 6) is 0. The molecule has 0 aromatic heterocycles. The van der Waals surface area contributed by atoms with Gasteiger partial charge in [0.1, 0.15) is 0 Å². The van der Waals surface area contributed by atoms with Crippen molar-refractivity contribution in [2.45, 2.75) is 27.7 Å². The molecule has 0 atom stereocenters. The van der Waals surface area contributed by atoms with E-state index in [4.69, 9.17) is 0 Å². The molecule has 0 aliphatic carbocycles. The van der Waals surface area contributed by atoms with Gasteiger partial charge in [-0.1, -0.05) is 53.1 Å². The van der Waals surface area contributed by atoms with E-state index in [1.807, 2.05) is 0 Å². The minimum absolute atomic E-state index is 1.34. The van der Waals surface area contributed by atoms with Gasteiger partial charge in [-0.2, -0.15) is 0 Å². The third kappa shape index (κ3) is 5.35. The number of hydrogen-bond donors (Lipinski definition) is 0. The van der Waals surface area contributed by atoms with Crippen LogP contribution >= 0.6 is 22.6 Å². The zero-order valence-electron chi connectivity index (χ0n) is 10.9. The molecule has 0 amide bonds. The average molecular weight is 338 g/mol. The zero-order chi connectivity index (χ0) is 12.8. The van der Waals surface area contributed by atoms with Crippen molar-refractivity contribution in [2.75, 3.05) is 0 Å². The zero-order valence-corrected chi connectivity index (χ0v) is 13.1. The van der Waals surface area contributed by atoms with Gasteiger partial charge in [-0.15, -0.1) is 0 Å². The number of rotatable bonds is 0. The first-order chi connectivity index (χ1) is 7.99. The maximum Gasteiger partial charge on any atom is 0.0159 e. The minimum Gasteiger partial charge on any atom is -0.0617 e. The van der Waals surface area contributed by atoms with Crippen LogP contribution in [0.2, 0.25) is 0 Å². The molecule has 90 valence electrons. The summed E-state index contributed by atoms with van der Waals surface area (Å²) in [6, 6.07) is 14.9. The van der Waals surface area contributed by atoms with Gasteiger partial charge in [0.25, 0.3) is 0 Å². The molecule has 2 rings (SSSR count). The largest absolute Gasteiger partial charge is 0.0617 e. The lowest BCUT2D eigenvalue weighted by Gasteiger charge is -1.96. The molecule has 0 saturated heterocycles. The predicted molar refractivity (Wildman–Crippen MR) is 84.5 cm³/mol. The Hall–Kier alpha value is -0.830. The third-order valence-corrected chi connectivity index (χ3v) is 3.70. The van der Waals surface area contributed by atoms with Gasteiger partial charge in [0.05, 0.1) is 0 Å². The molecule has 0 aliphatic rings. The van der Waals surface area contributed by atoms with E-state index >= 15 is 0 Å². The van der Waals surface area contributed by atoms with Gasteiger partial charge < -0.3 is 0 Å². The molecular formula is C16H19I. The van der Waals surface area contributed by atoms with Gasteiger partial charge in [0.15, 0.2) is 0 Å². The number of benzene rings is 2. The van der Waals surface area contributed by atoms with E-state index in [9.17, 15) is 0 Å². The van der Waals surface area contributed by atoms with Crippen LogP contribution in [0.25, 0.3) is 0 Å². The molecule has 0 unspecified atom stereocenters. The lowest BCUT2D eigenvalue weighted by atomic mass is 10.2. The summed E-state index contributed by atoms with van der Waals surface area (Å²) >= 11 is 2.34. The lowest BCUT2D eigenvalue weighted by molar-refractivity contribution is 1.36. The van der Waals surface area contributed by atoms with Gasteiger partial charge in [0.2, 0.25) is 0 Å². The van der Waals surface area contributed by atoms with E-state index < -0.39 is 0 Å². The van der Waals surface area contributed by atoms with Crippen LogP contribution in [0, 0.1) is 31.3 Å². The van der Waals surface area contributed by atoms with Gasteiger partial charge in [-0.3, -0.25) is 0 Å². The fourth-order valence-electron chi connectivity index (χ4n) is 1.60. The summed E-state index contributed by atoms with van der Waals surface area (Å²) < 4.78 is 1.35. The van der Waals surface area contributed by atoms with E-state index in [-0.39, 0.29) is 0 Å². The highest BCUT2D eigenvalue weighted by molar-refractivity contribution is 14.1. The van der Waals surface area contributed by atoms with E-state index in [1.165, 1.54) is 25.8 Å². The molecule has 0 heterocycles. The molecule has 0 nitrogen and oxygen atoms in total. The number of aryl methyl sites for hydroxylation is 4. The van der Waals surface area contributed by atoms with Crippen LogP contribution in [-0.2, 0) is 0 Å². The minimum atomic E-state index is 1.34. The second-order valence-electron chi connectivity index (χ2n) is 4.41. The molecule has 0 saturated carbocycles. The summed E-state index contributed by atoms with van der Waals surface area (Å²) in [5, 5.41) is 0. The Morgan fingerprint density at radius 1 is 0.706 bits per heavy atom. The van der Waals surface area contributed by atoms with Crippen molar-refractivity contribution in [1.82, 2.24) is 0 Å². The first-order valence-electron chi connectivity index (χ1n) is 5.75. The highest BCUT2D eigenvalue weighted by Crippen LogP contribution is 2.11. The lowest BCUT2D eigenvalue weighted by Crippen LogP contribution is -1.79. The molecule has 2 aromatic carbocycles. The van der Waals surface area contributed by atoms with Crippen LogP contribution in [-0.4, -0.2) is 0 Å². The summed E-state index contributed by atoms with van der Waals surface area (Å²) in [6.07, 6.45) is 0. The molecule has 2 aromatic rings. The van der Waals surface area contributed by atoms with Crippen LogP contribution in [0.5, 0.6) is 0 Å². The first-order valence-corrected chi connectivity index (χ1v) is 6.83. The molecule has 17 heavy (non-hydrogen) atoms. The van der Waals surface area contributed by atoms with Crippen LogP contribution in [0.4, 0.5) is 0 Å². The van der Waals surface area contributed by atoms with Crippen molar-refractivity contribution in [3.05, 3.63) is 68.3 Å². The number of halogens is 1. The van der Waals surface area contributed by atoms with E-state index in [2.05, 4.69) is 92.8 Å². The fourth-order valence-corrected chi connectivity index (χ4v) is 1.94. The van der Waals surface area contributed by atoms with Crippen molar-refractivity contribution in [2.24, 2.45) is 0 Å². The van der Waals surface area contributed by atoms with Crippen molar-refractivity contribution in [3.63, 3.8) is 0 Å². The Kier molecular flexibility index (Phi) is 5.69. The Labute approximate surface area is 118 Å². The quantitative estimate of drug-likeness (QED) is 0.579. The maximum absolute atomic E-state index is 2.34. The van der Waals surface area contributed by atoms with Crippen molar-refractivity contribution in [3.8, 4) is 0 Å². The van der Waals surface area contributed by atoms with Gasteiger partial charge >= 0.3 is 0 Å². The Balaban J connectivity index is 0.000000171. The highest BCUT2D eigenvalue weighted by atomic mass is 127.